The van der Waals surface area contributed by atoms with E-state index in [4.69, 9.17) is 22.1 Å². The predicted molar refractivity (Wildman–Crippen MR) is 81.2 cm³/mol. The van der Waals surface area contributed by atoms with Crippen LogP contribution in [0.25, 0.3) is 0 Å². The number of allylic oxidation sites excluding steroid dienone is 2. The van der Waals surface area contributed by atoms with Gasteiger partial charge in [-0.25, -0.2) is 0 Å². The highest BCUT2D eigenvalue weighted by Gasteiger charge is 2.30. The molecule has 0 atom stereocenters. The Kier molecular flexibility index (Phi) is 6.06. The molecule has 0 aliphatic heterocycles. The zero-order valence-electron chi connectivity index (χ0n) is 12.2. The molecule has 0 amide bonds. The fourth-order valence-electron chi connectivity index (χ4n) is 1.62. The van der Waals surface area contributed by atoms with Gasteiger partial charge in [0.2, 0.25) is 0 Å². The van der Waals surface area contributed by atoms with E-state index in [9.17, 15) is 13.2 Å². The topological polar surface area (TPSA) is 62.9 Å². The number of halogens is 4. The van der Waals surface area contributed by atoms with Gasteiger partial charge in [0.25, 0.3) is 0 Å². The molecule has 8 heteroatoms. The first-order valence-electron chi connectivity index (χ1n) is 6.22. The molecule has 0 aliphatic carbocycles. The fraction of sp³-hybridized carbons (Fsp3) is 0.200. The first-order chi connectivity index (χ1) is 10.7. The number of hydrogen-bond donors (Lipinski definition) is 1. The highest BCUT2D eigenvalue weighted by molar-refractivity contribution is 6.33. The number of anilines is 1. The van der Waals surface area contributed by atoms with Crippen molar-refractivity contribution in [3.63, 3.8) is 0 Å². The third-order valence-electron chi connectivity index (χ3n) is 2.74. The normalized spacial score (nSPS) is 10.8. The number of alkyl halides is 3. The number of benzene rings is 1. The highest BCUT2D eigenvalue weighted by Crippen LogP contribution is 2.33. The second-order valence-corrected chi connectivity index (χ2v) is 4.96. The average Bonchev–Trinajstić information content (AvgIpc) is 2.47. The van der Waals surface area contributed by atoms with Gasteiger partial charge >= 0.3 is 6.18 Å². The zero-order chi connectivity index (χ0) is 17.6. The van der Waals surface area contributed by atoms with E-state index in [2.05, 4.69) is 5.32 Å². The quantitative estimate of drug-likeness (QED) is 0.660. The summed E-state index contributed by atoms with van der Waals surface area (Å²) in [6.45, 7) is 0. The van der Waals surface area contributed by atoms with Crippen molar-refractivity contribution < 1.29 is 13.2 Å². The number of nitrogens with zero attached hydrogens (tertiary/aromatic N) is 3. The molecule has 0 saturated carbocycles. The first-order valence-corrected chi connectivity index (χ1v) is 6.60. The van der Waals surface area contributed by atoms with Crippen molar-refractivity contribution >= 4 is 17.3 Å². The first kappa shape index (κ1) is 18.4. The monoisotopic (exact) mass is 340 g/mol. The minimum Gasteiger partial charge on any atom is -0.376 e. The minimum atomic E-state index is -4.48. The summed E-state index contributed by atoms with van der Waals surface area (Å²) in [7, 11) is 3.26. The molecule has 0 spiro atoms. The van der Waals surface area contributed by atoms with Crippen LogP contribution in [0.2, 0.25) is 5.02 Å². The second-order valence-electron chi connectivity index (χ2n) is 4.55. The molecule has 4 nitrogen and oxygen atoms in total. The zero-order valence-corrected chi connectivity index (χ0v) is 13.0. The maximum absolute atomic E-state index is 12.7. The van der Waals surface area contributed by atoms with Gasteiger partial charge in [0.15, 0.2) is 5.57 Å². The molecule has 0 heterocycles. The number of nitriles is 2. The van der Waals surface area contributed by atoms with Crippen LogP contribution in [0.1, 0.15) is 5.56 Å². The van der Waals surface area contributed by atoms with Crippen LogP contribution in [-0.4, -0.2) is 19.0 Å². The number of likely N-dealkylation sites (N-methyl/N-ethyl adjacent to an activating group) is 1. The van der Waals surface area contributed by atoms with Crippen molar-refractivity contribution in [2.75, 3.05) is 19.4 Å². The molecule has 0 bridgehead atoms. The molecular weight excluding hydrogens is 329 g/mol. The molecule has 0 aliphatic rings. The van der Waals surface area contributed by atoms with Gasteiger partial charge in [0.05, 0.1) is 22.0 Å². The summed E-state index contributed by atoms with van der Waals surface area (Å²) < 4.78 is 38.0. The van der Waals surface area contributed by atoms with E-state index in [1.807, 2.05) is 0 Å². The molecule has 23 heavy (non-hydrogen) atoms. The summed E-state index contributed by atoms with van der Waals surface area (Å²) >= 11 is 5.85. The van der Waals surface area contributed by atoms with Gasteiger partial charge < -0.3 is 10.2 Å². The van der Waals surface area contributed by atoms with Crippen molar-refractivity contribution in [2.24, 2.45) is 0 Å². The number of rotatable bonds is 4. The van der Waals surface area contributed by atoms with Crippen LogP contribution in [-0.2, 0) is 6.18 Å². The van der Waals surface area contributed by atoms with Crippen LogP contribution < -0.4 is 5.32 Å². The van der Waals surface area contributed by atoms with Gasteiger partial charge in [-0.15, -0.1) is 0 Å². The van der Waals surface area contributed by atoms with Crippen molar-refractivity contribution in [3.8, 4) is 12.1 Å². The third-order valence-corrected chi connectivity index (χ3v) is 3.06. The lowest BCUT2D eigenvalue weighted by atomic mass is 10.2. The summed E-state index contributed by atoms with van der Waals surface area (Å²) in [5, 5.41) is 20.5. The van der Waals surface area contributed by atoms with Crippen LogP contribution in [0.4, 0.5) is 18.9 Å². The molecular formula is C15H12ClF3N4. The Hall–Kier alpha value is -2.64. The highest BCUT2D eigenvalue weighted by atomic mass is 35.5. The Bertz CT molecular complexity index is 706. The molecule has 0 radical (unpaired) electrons. The van der Waals surface area contributed by atoms with Gasteiger partial charge in [-0.1, -0.05) is 11.6 Å². The smallest absolute Gasteiger partial charge is 0.376 e. The molecule has 1 aromatic carbocycles. The summed E-state index contributed by atoms with van der Waals surface area (Å²) in [4.78, 5) is 1.54. The van der Waals surface area contributed by atoms with Crippen LogP contribution in [0, 0.1) is 22.7 Å². The summed E-state index contributed by atoms with van der Waals surface area (Å²) in [6, 6.07) is 6.39. The lowest BCUT2D eigenvalue weighted by Crippen LogP contribution is -2.11. The van der Waals surface area contributed by atoms with Gasteiger partial charge in [-0.2, -0.15) is 23.7 Å². The standard InChI is InChI=1S/C15H12ClF3N4/c1-23(2)14(10(8-20)9-21)5-6-22-13-7-11(15(17,18)19)3-4-12(13)16/h3-7,22H,1-2H3. The second kappa shape index (κ2) is 7.57. The largest absolute Gasteiger partial charge is 0.416 e. The summed E-state index contributed by atoms with van der Waals surface area (Å²) in [6.07, 6.45) is -1.77. The van der Waals surface area contributed by atoms with Crippen LogP contribution in [0.15, 0.2) is 41.7 Å². The van der Waals surface area contributed by atoms with Crippen LogP contribution >= 0.6 is 11.6 Å². The van der Waals surface area contributed by atoms with Gasteiger partial charge in [-0.05, 0) is 24.3 Å². The Morgan fingerprint density at radius 3 is 2.35 bits per heavy atom. The SMILES string of the molecule is CN(C)C(C=CNc1cc(C(F)(F)F)ccc1Cl)=C(C#N)C#N. The van der Waals surface area contributed by atoms with Gasteiger partial charge in [-0.3, -0.25) is 0 Å². The lowest BCUT2D eigenvalue weighted by molar-refractivity contribution is -0.137. The maximum atomic E-state index is 12.7. The predicted octanol–water partition coefficient (Wildman–Crippen LogP) is 4.15. The van der Waals surface area contributed by atoms with E-state index in [0.29, 0.717) is 5.70 Å². The fourth-order valence-corrected chi connectivity index (χ4v) is 1.79. The Balaban J connectivity index is 3.09. The van der Waals surface area contributed by atoms with Gasteiger partial charge in [0.1, 0.15) is 12.1 Å². The Morgan fingerprint density at radius 2 is 1.87 bits per heavy atom. The molecule has 1 rings (SSSR count). The van der Waals surface area contributed by atoms with E-state index < -0.39 is 11.7 Å². The molecule has 1 aromatic rings. The average molecular weight is 341 g/mol. The van der Waals surface area contributed by atoms with E-state index in [1.54, 1.807) is 26.2 Å². The Morgan fingerprint density at radius 1 is 1.26 bits per heavy atom. The van der Waals surface area contributed by atoms with Crippen molar-refractivity contribution in [2.45, 2.75) is 6.18 Å². The molecule has 120 valence electrons. The van der Waals surface area contributed by atoms with E-state index >= 15 is 0 Å². The molecule has 0 aromatic heterocycles. The summed E-state index contributed by atoms with van der Waals surface area (Å²) in [5.74, 6) is 0. The number of hydrogen-bond acceptors (Lipinski definition) is 4. The van der Waals surface area contributed by atoms with Crippen molar-refractivity contribution in [1.29, 1.82) is 10.5 Å². The minimum absolute atomic E-state index is 0.0614. The van der Waals surface area contributed by atoms with Crippen molar-refractivity contribution in [3.05, 3.63) is 52.3 Å². The third kappa shape index (κ3) is 4.94. The number of nitrogens with one attached hydrogen (secondary N) is 1. The maximum Gasteiger partial charge on any atom is 0.416 e. The Labute approximate surface area is 136 Å². The van der Waals surface area contributed by atoms with Crippen LogP contribution in [0.3, 0.4) is 0 Å². The van der Waals surface area contributed by atoms with E-state index in [0.717, 1.165) is 18.2 Å². The van der Waals surface area contributed by atoms with Gasteiger partial charge in [0, 0.05) is 20.3 Å². The van der Waals surface area contributed by atoms with Crippen molar-refractivity contribution in [1.82, 2.24) is 4.90 Å². The van der Waals surface area contributed by atoms with Crippen LogP contribution in [0.5, 0.6) is 0 Å². The van der Waals surface area contributed by atoms with E-state index in [-0.39, 0.29) is 16.3 Å². The molecule has 0 saturated heterocycles. The van der Waals surface area contributed by atoms with E-state index in [1.165, 1.54) is 17.2 Å². The summed E-state index contributed by atoms with van der Waals surface area (Å²) in [5.41, 5.74) is -0.587. The molecule has 0 fully saturated rings. The molecule has 1 N–H and O–H groups in total. The molecule has 0 unspecified atom stereocenters. The lowest BCUT2D eigenvalue weighted by Gasteiger charge is -2.14.